The number of hydrogen-bond donors (Lipinski definition) is 3. The van der Waals surface area contributed by atoms with Gasteiger partial charge in [-0.25, -0.2) is 10.9 Å². The van der Waals surface area contributed by atoms with Crippen molar-refractivity contribution in [2.45, 2.75) is 58.9 Å². The molecule has 0 saturated heterocycles. The molecule has 1 heterocycles. The predicted octanol–water partition coefficient (Wildman–Crippen LogP) is 3.86. The summed E-state index contributed by atoms with van der Waals surface area (Å²) in [6.45, 7) is 12.3. The number of hydrazine groups is 1. The third kappa shape index (κ3) is 5.39. The van der Waals surface area contributed by atoms with E-state index in [2.05, 4.69) is 0 Å². The maximum atomic E-state index is 13.4. The second-order valence-corrected chi connectivity index (χ2v) is 11.1. The van der Waals surface area contributed by atoms with E-state index in [-0.39, 0.29) is 41.3 Å². The molecule has 2 aromatic carbocycles. The number of ether oxygens (including phenoxy) is 1. The molecule has 0 aromatic heterocycles. The molecule has 0 radical (unpaired) electrons. The second kappa shape index (κ2) is 9.43. The summed E-state index contributed by atoms with van der Waals surface area (Å²) < 4.78 is 4.85. The van der Waals surface area contributed by atoms with Crippen LogP contribution in [0, 0.1) is 5.41 Å². The van der Waals surface area contributed by atoms with Crippen molar-refractivity contribution >= 4 is 23.2 Å². The van der Waals surface area contributed by atoms with Crippen LogP contribution >= 0.6 is 0 Å². The summed E-state index contributed by atoms with van der Waals surface area (Å²) in [6, 6.07) is 8.76. The number of phenolic OH excluding ortho intramolecular Hbond substituents is 1. The van der Waals surface area contributed by atoms with Gasteiger partial charge in [0.05, 0.1) is 12.2 Å². The van der Waals surface area contributed by atoms with Crippen molar-refractivity contribution in [1.29, 1.82) is 5.41 Å². The zero-order valence-electron chi connectivity index (χ0n) is 21.7. The number of nitrogens with one attached hydrogen (secondary N) is 1. The van der Waals surface area contributed by atoms with Crippen molar-refractivity contribution in [2.24, 2.45) is 5.84 Å². The topological polar surface area (TPSA) is 120 Å². The highest BCUT2D eigenvalue weighted by atomic mass is 16.5. The number of Topliss-reactive ketones (excluding diaryl/α,β-unsaturated/α-hetero) is 1. The first-order valence-electron chi connectivity index (χ1n) is 11.6. The van der Waals surface area contributed by atoms with E-state index in [1.165, 1.54) is 7.11 Å². The predicted molar refractivity (Wildman–Crippen MR) is 137 cm³/mol. The molecule has 1 amide bonds. The Balaban J connectivity index is 1.88. The molecule has 0 aliphatic carbocycles. The van der Waals surface area contributed by atoms with Gasteiger partial charge in [0.1, 0.15) is 18.2 Å². The van der Waals surface area contributed by atoms with Crippen LogP contribution in [0.2, 0.25) is 0 Å². The maximum Gasteiger partial charge on any atom is 0.267 e. The molecule has 8 heteroatoms. The average molecular weight is 481 g/mol. The van der Waals surface area contributed by atoms with Gasteiger partial charge in [0.15, 0.2) is 5.78 Å². The zero-order valence-corrected chi connectivity index (χ0v) is 21.7. The van der Waals surface area contributed by atoms with Gasteiger partial charge in [0.2, 0.25) is 0 Å². The van der Waals surface area contributed by atoms with Crippen molar-refractivity contribution in [3.8, 4) is 5.75 Å². The van der Waals surface area contributed by atoms with E-state index in [1.807, 2.05) is 47.6 Å². The number of carbonyl (C=O) groups excluding carboxylic acids is 2. The van der Waals surface area contributed by atoms with Gasteiger partial charge in [0, 0.05) is 35.9 Å². The molecule has 0 bridgehead atoms. The Morgan fingerprint density at radius 3 is 2.17 bits per heavy atom. The molecule has 188 valence electrons. The molecule has 0 spiro atoms. The molecule has 0 fully saturated rings. The minimum atomic E-state index is -0.402. The standard InChI is InChI=1S/C27H36N4O4/c1-26(2,3)20-10-17(11-21(24(20)34)27(4,5)6)22(32)14-30-13-16-8-9-18(12-19(16)25(30)28)31(29)23(33)15-35-7/h8-12,28,34H,13-15,29H2,1-7H3. The number of carbonyl (C=O) groups is 2. The molecule has 2 aromatic rings. The maximum absolute atomic E-state index is 13.4. The number of amidine groups is 1. The van der Waals surface area contributed by atoms with E-state index < -0.39 is 5.91 Å². The minimum Gasteiger partial charge on any atom is -0.507 e. The van der Waals surface area contributed by atoms with E-state index in [0.29, 0.717) is 23.4 Å². The lowest BCUT2D eigenvalue weighted by Crippen LogP contribution is -2.39. The fourth-order valence-electron chi connectivity index (χ4n) is 4.20. The number of rotatable bonds is 6. The normalized spacial score (nSPS) is 13.7. The molecule has 0 saturated carbocycles. The molecule has 0 atom stereocenters. The summed E-state index contributed by atoms with van der Waals surface area (Å²) in [5.74, 6) is 5.81. The fraction of sp³-hybridized carbons (Fsp3) is 0.444. The van der Waals surface area contributed by atoms with Crippen LogP contribution in [-0.4, -0.2) is 47.8 Å². The lowest BCUT2D eigenvalue weighted by atomic mass is 9.78. The van der Waals surface area contributed by atoms with Crippen LogP contribution in [0.4, 0.5) is 5.69 Å². The number of benzene rings is 2. The highest BCUT2D eigenvalue weighted by molar-refractivity contribution is 6.06. The Kier molecular flexibility index (Phi) is 7.11. The number of fused-ring (bicyclic) bond motifs is 1. The van der Waals surface area contributed by atoms with Crippen molar-refractivity contribution in [3.63, 3.8) is 0 Å². The number of ketones is 1. The van der Waals surface area contributed by atoms with Gasteiger partial charge < -0.3 is 14.7 Å². The first-order valence-corrected chi connectivity index (χ1v) is 11.6. The molecule has 1 aliphatic heterocycles. The molecule has 8 nitrogen and oxygen atoms in total. The summed E-state index contributed by atoms with van der Waals surface area (Å²) in [4.78, 5) is 27.2. The van der Waals surface area contributed by atoms with Gasteiger partial charge in [-0.1, -0.05) is 47.6 Å². The van der Waals surface area contributed by atoms with E-state index >= 15 is 0 Å². The zero-order chi connectivity index (χ0) is 26.3. The third-order valence-corrected chi connectivity index (χ3v) is 6.22. The number of aromatic hydroxyl groups is 1. The SMILES string of the molecule is COCC(=O)N(N)c1ccc2c(c1)C(=N)N(CC(=O)c1cc(C(C)(C)C)c(O)c(C(C)(C)C)c1)C2. The van der Waals surface area contributed by atoms with Crippen LogP contribution in [0.25, 0.3) is 0 Å². The molecule has 1 aliphatic rings. The van der Waals surface area contributed by atoms with Gasteiger partial charge in [0.25, 0.3) is 5.91 Å². The Morgan fingerprint density at radius 1 is 1.09 bits per heavy atom. The number of anilines is 1. The highest BCUT2D eigenvalue weighted by Gasteiger charge is 2.30. The molecule has 35 heavy (non-hydrogen) atoms. The second-order valence-electron chi connectivity index (χ2n) is 11.1. The van der Waals surface area contributed by atoms with Crippen LogP contribution in [-0.2, 0) is 26.9 Å². The Bertz CT molecular complexity index is 1140. The smallest absolute Gasteiger partial charge is 0.267 e. The van der Waals surface area contributed by atoms with Gasteiger partial charge in [-0.05, 0) is 40.7 Å². The summed E-state index contributed by atoms with van der Waals surface area (Å²) in [6.07, 6.45) is 0. The molecule has 4 N–H and O–H groups in total. The van der Waals surface area contributed by atoms with E-state index in [9.17, 15) is 14.7 Å². The molecule has 0 unspecified atom stereocenters. The van der Waals surface area contributed by atoms with Crippen LogP contribution in [0.3, 0.4) is 0 Å². The number of nitrogens with zero attached hydrogens (tertiary/aromatic N) is 2. The Hall–Kier alpha value is -3.23. The number of hydrogen-bond acceptors (Lipinski definition) is 6. The lowest BCUT2D eigenvalue weighted by Gasteiger charge is -2.28. The Morgan fingerprint density at radius 2 is 1.66 bits per heavy atom. The van der Waals surface area contributed by atoms with Crippen molar-refractivity contribution < 1.29 is 19.4 Å². The molecular weight excluding hydrogens is 444 g/mol. The van der Waals surface area contributed by atoms with E-state index in [0.717, 1.165) is 21.7 Å². The van der Waals surface area contributed by atoms with Gasteiger partial charge in [-0.3, -0.25) is 15.0 Å². The quantitative estimate of drug-likeness (QED) is 0.250. The monoisotopic (exact) mass is 480 g/mol. The van der Waals surface area contributed by atoms with Crippen LogP contribution in [0.15, 0.2) is 30.3 Å². The number of methoxy groups -OCH3 is 1. The summed E-state index contributed by atoms with van der Waals surface area (Å²) in [5, 5.41) is 20.6. The first-order chi connectivity index (χ1) is 16.1. The van der Waals surface area contributed by atoms with Crippen molar-refractivity contribution in [2.75, 3.05) is 25.3 Å². The first kappa shape index (κ1) is 26.4. The lowest BCUT2D eigenvalue weighted by molar-refractivity contribution is -0.122. The van der Waals surface area contributed by atoms with Crippen molar-refractivity contribution in [3.05, 3.63) is 58.1 Å². The largest absolute Gasteiger partial charge is 0.507 e. The summed E-state index contributed by atoms with van der Waals surface area (Å²) >= 11 is 0. The summed E-state index contributed by atoms with van der Waals surface area (Å²) in [7, 11) is 1.42. The molecular formula is C27H36N4O4. The van der Waals surface area contributed by atoms with Gasteiger partial charge in [-0.15, -0.1) is 0 Å². The third-order valence-electron chi connectivity index (χ3n) is 6.22. The number of nitrogens with two attached hydrogens (primary N) is 1. The Labute approximate surface area is 207 Å². The number of phenols is 1. The average Bonchev–Trinajstić information content (AvgIpc) is 3.06. The fourth-order valence-corrected chi connectivity index (χ4v) is 4.20. The van der Waals surface area contributed by atoms with Crippen molar-refractivity contribution in [1.82, 2.24) is 4.90 Å². The van der Waals surface area contributed by atoms with Gasteiger partial charge >= 0.3 is 0 Å². The minimum absolute atomic E-state index is 0.0235. The molecule has 3 rings (SSSR count). The highest BCUT2D eigenvalue weighted by Crippen LogP contribution is 2.40. The van der Waals surface area contributed by atoms with Crippen LogP contribution in [0.1, 0.15) is 74.2 Å². The van der Waals surface area contributed by atoms with E-state index in [1.54, 1.807) is 29.2 Å². The number of amides is 1. The van der Waals surface area contributed by atoms with Crippen LogP contribution in [0.5, 0.6) is 5.75 Å². The van der Waals surface area contributed by atoms with Gasteiger partial charge in [-0.2, -0.15) is 0 Å². The van der Waals surface area contributed by atoms with Crippen LogP contribution < -0.4 is 10.9 Å². The summed E-state index contributed by atoms with van der Waals surface area (Å²) in [5.41, 5.74) is 3.24. The van der Waals surface area contributed by atoms with E-state index in [4.69, 9.17) is 16.0 Å².